The number of hydrogen-bond donors (Lipinski definition) is 1. The molecule has 0 saturated carbocycles. The van der Waals surface area contributed by atoms with Gasteiger partial charge in [-0.25, -0.2) is 9.97 Å². The second kappa shape index (κ2) is 7.80. The summed E-state index contributed by atoms with van der Waals surface area (Å²) in [6.45, 7) is 2.11. The second-order valence-corrected chi connectivity index (χ2v) is 7.66. The Morgan fingerprint density at radius 3 is 2.35 bits per heavy atom. The molecule has 26 heavy (non-hydrogen) atoms. The Balaban J connectivity index is 0.00000196. The molecule has 0 aliphatic rings. The normalized spacial score (nSPS) is 10.6. The third-order valence-corrected chi connectivity index (χ3v) is 5.30. The molecule has 0 atom stereocenters. The van der Waals surface area contributed by atoms with Crippen molar-refractivity contribution in [3.05, 3.63) is 69.8 Å². The first-order valence-corrected chi connectivity index (χ1v) is 9.21. The quantitative estimate of drug-likeness (QED) is 0.381. The summed E-state index contributed by atoms with van der Waals surface area (Å²) in [7, 11) is 0. The van der Waals surface area contributed by atoms with E-state index < -0.39 is 0 Å². The molecule has 0 bridgehead atoms. The van der Waals surface area contributed by atoms with Crippen LogP contribution in [0.5, 0.6) is 0 Å². The Morgan fingerprint density at radius 1 is 0.962 bits per heavy atom. The Hall–Kier alpha value is -1.85. The monoisotopic (exact) mass is 421 g/mol. The van der Waals surface area contributed by atoms with Crippen LogP contribution in [0.4, 0.5) is 11.5 Å². The zero-order chi connectivity index (χ0) is 17.4. The number of nitrogens with one attached hydrogen (secondary N) is 1. The Kier molecular flexibility index (Phi) is 5.68. The summed E-state index contributed by atoms with van der Waals surface area (Å²) >= 11 is 13.9. The van der Waals surface area contributed by atoms with E-state index in [-0.39, 0.29) is 12.4 Å². The highest BCUT2D eigenvalue weighted by molar-refractivity contribution is 7.19. The van der Waals surface area contributed by atoms with Gasteiger partial charge in [-0.3, -0.25) is 0 Å². The first-order valence-electron chi connectivity index (χ1n) is 7.64. The second-order valence-electron chi connectivity index (χ2n) is 5.58. The van der Waals surface area contributed by atoms with Gasteiger partial charge >= 0.3 is 0 Å². The minimum atomic E-state index is 0. The molecule has 0 aliphatic heterocycles. The summed E-state index contributed by atoms with van der Waals surface area (Å²) in [6, 6.07) is 15.6. The van der Waals surface area contributed by atoms with Crippen LogP contribution in [0.3, 0.4) is 0 Å². The third-order valence-electron chi connectivity index (χ3n) is 3.85. The molecular weight excluding hydrogens is 409 g/mol. The van der Waals surface area contributed by atoms with Crippen molar-refractivity contribution >= 4 is 68.7 Å². The standard InChI is InChI=1S/C19H13Cl2N3S.ClH/c1-11-16(12-5-3-2-4-6-12)17-18(22-10-23-19(17)25-11)24-15-8-13(20)7-14(21)9-15;/h2-10H,1H3,(H,22,23,24);1H. The van der Waals surface area contributed by atoms with E-state index in [0.29, 0.717) is 10.0 Å². The minimum Gasteiger partial charge on any atom is -0.339 e. The highest BCUT2D eigenvalue weighted by Gasteiger charge is 2.16. The van der Waals surface area contributed by atoms with Crippen molar-refractivity contribution in [1.29, 1.82) is 0 Å². The molecule has 0 radical (unpaired) electrons. The van der Waals surface area contributed by atoms with Crippen LogP contribution in [0.1, 0.15) is 4.88 Å². The molecule has 2 aromatic carbocycles. The number of nitrogens with zero attached hydrogens (tertiary/aromatic N) is 2. The van der Waals surface area contributed by atoms with Crippen LogP contribution in [-0.4, -0.2) is 9.97 Å². The molecule has 0 unspecified atom stereocenters. The van der Waals surface area contributed by atoms with Gasteiger partial charge in [0.25, 0.3) is 0 Å². The minimum absolute atomic E-state index is 0. The van der Waals surface area contributed by atoms with Crippen molar-refractivity contribution in [3.8, 4) is 11.1 Å². The largest absolute Gasteiger partial charge is 0.339 e. The molecule has 0 spiro atoms. The van der Waals surface area contributed by atoms with E-state index in [1.54, 1.807) is 23.7 Å². The molecule has 1 N–H and O–H groups in total. The molecule has 4 rings (SSSR count). The summed E-state index contributed by atoms with van der Waals surface area (Å²) in [5.74, 6) is 0.742. The molecule has 0 aliphatic carbocycles. The number of benzene rings is 2. The summed E-state index contributed by atoms with van der Waals surface area (Å²) in [5, 5.41) is 5.49. The number of halogens is 3. The van der Waals surface area contributed by atoms with Crippen molar-refractivity contribution in [2.45, 2.75) is 6.92 Å². The number of anilines is 2. The first-order chi connectivity index (χ1) is 12.1. The van der Waals surface area contributed by atoms with Gasteiger partial charge in [0, 0.05) is 26.2 Å². The lowest BCUT2D eigenvalue weighted by Gasteiger charge is -2.10. The summed E-state index contributed by atoms with van der Waals surface area (Å²) in [5.41, 5.74) is 3.09. The van der Waals surface area contributed by atoms with Crippen molar-refractivity contribution in [2.75, 3.05) is 5.32 Å². The van der Waals surface area contributed by atoms with Crippen LogP contribution in [0, 0.1) is 6.92 Å². The predicted molar refractivity (Wildman–Crippen MR) is 115 cm³/mol. The first kappa shape index (κ1) is 18.9. The smallest absolute Gasteiger partial charge is 0.143 e. The van der Waals surface area contributed by atoms with Crippen LogP contribution in [0.25, 0.3) is 21.3 Å². The van der Waals surface area contributed by atoms with Gasteiger partial charge in [0.1, 0.15) is 17.0 Å². The fourth-order valence-electron chi connectivity index (χ4n) is 2.85. The van der Waals surface area contributed by atoms with Gasteiger partial charge in [0.05, 0.1) is 5.39 Å². The molecule has 0 amide bonds. The van der Waals surface area contributed by atoms with Crippen LogP contribution < -0.4 is 5.32 Å². The van der Waals surface area contributed by atoms with Crippen molar-refractivity contribution in [2.24, 2.45) is 0 Å². The molecule has 3 nitrogen and oxygen atoms in total. The van der Waals surface area contributed by atoms with Crippen LogP contribution >= 0.6 is 46.9 Å². The van der Waals surface area contributed by atoms with Crippen molar-refractivity contribution in [1.82, 2.24) is 9.97 Å². The van der Waals surface area contributed by atoms with E-state index in [9.17, 15) is 0 Å². The summed E-state index contributed by atoms with van der Waals surface area (Å²) < 4.78 is 0. The molecular formula is C19H14Cl3N3S. The highest BCUT2D eigenvalue weighted by atomic mass is 35.5. The molecule has 0 saturated heterocycles. The van der Waals surface area contributed by atoms with E-state index in [2.05, 4.69) is 34.3 Å². The fourth-order valence-corrected chi connectivity index (χ4v) is 4.39. The molecule has 2 heterocycles. The topological polar surface area (TPSA) is 37.8 Å². The van der Waals surface area contributed by atoms with Gasteiger partial charge in [-0.15, -0.1) is 23.7 Å². The van der Waals surface area contributed by atoms with E-state index >= 15 is 0 Å². The molecule has 4 aromatic rings. The maximum Gasteiger partial charge on any atom is 0.143 e. The summed E-state index contributed by atoms with van der Waals surface area (Å²) in [4.78, 5) is 11.0. The van der Waals surface area contributed by atoms with Gasteiger partial charge in [-0.2, -0.15) is 0 Å². The zero-order valence-electron chi connectivity index (χ0n) is 13.7. The molecule has 0 fully saturated rings. The number of rotatable bonds is 3. The lowest BCUT2D eigenvalue weighted by atomic mass is 10.0. The zero-order valence-corrected chi connectivity index (χ0v) is 16.8. The number of aryl methyl sites for hydroxylation is 1. The van der Waals surface area contributed by atoms with E-state index in [1.165, 1.54) is 4.88 Å². The van der Waals surface area contributed by atoms with E-state index in [0.717, 1.165) is 32.8 Å². The number of hydrogen-bond acceptors (Lipinski definition) is 4. The van der Waals surface area contributed by atoms with Gasteiger partial charge in [0.15, 0.2) is 0 Å². The van der Waals surface area contributed by atoms with Crippen LogP contribution in [0.15, 0.2) is 54.9 Å². The van der Waals surface area contributed by atoms with Crippen LogP contribution in [0.2, 0.25) is 10.0 Å². The number of fused-ring (bicyclic) bond motifs is 1. The van der Waals surface area contributed by atoms with Gasteiger partial charge in [0.2, 0.25) is 0 Å². The van der Waals surface area contributed by atoms with Gasteiger partial charge in [-0.1, -0.05) is 53.5 Å². The van der Waals surface area contributed by atoms with Crippen LogP contribution in [-0.2, 0) is 0 Å². The number of thiophene rings is 1. The number of aromatic nitrogens is 2. The predicted octanol–water partition coefficient (Wildman–Crippen LogP) is 7.14. The Labute approximate surface area is 171 Å². The summed E-state index contributed by atoms with van der Waals surface area (Å²) in [6.07, 6.45) is 1.57. The Bertz CT molecular complexity index is 1040. The van der Waals surface area contributed by atoms with Crippen molar-refractivity contribution < 1.29 is 0 Å². The van der Waals surface area contributed by atoms with Gasteiger partial charge in [-0.05, 0) is 30.7 Å². The molecule has 2 aromatic heterocycles. The third kappa shape index (κ3) is 3.64. The highest BCUT2D eigenvalue weighted by Crippen LogP contribution is 2.41. The maximum atomic E-state index is 6.11. The van der Waals surface area contributed by atoms with Gasteiger partial charge < -0.3 is 5.32 Å². The van der Waals surface area contributed by atoms with E-state index in [4.69, 9.17) is 23.2 Å². The lowest BCUT2D eigenvalue weighted by molar-refractivity contribution is 1.23. The average molecular weight is 423 g/mol. The lowest BCUT2D eigenvalue weighted by Crippen LogP contribution is -1.96. The Morgan fingerprint density at radius 2 is 1.65 bits per heavy atom. The van der Waals surface area contributed by atoms with Crippen molar-refractivity contribution in [3.63, 3.8) is 0 Å². The SMILES string of the molecule is Cc1sc2ncnc(Nc3cc(Cl)cc(Cl)c3)c2c1-c1ccccc1.Cl. The maximum absolute atomic E-state index is 6.11. The average Bonchev–Trinajstić information content (AvgIpc) is 2.91. The van der Waals surface area contributed by atoms with E-state index in [1.807, 2.05) is 30.3 Å². The molecule has 7 heteroatoms. The molecule has 132 valence electrons. The fraction of sp³-hybridized carbons (Fsp3) is 0.0526.